The van der Waals surface area contributed by atoms with E-state index in [1.807, 2.05) is 84.9 Å². The number of nitrogens with zero attached hydrogens (tertiary/aromatic N) is 8. The Morgan fingerprint density at radius 3 is 1.21 bits per heavy atom. The molecule has 0 fully saturated rings. The number of aliphatic carboxylic acids is 1. The maximum Gasteiger partial charge on any atom is 0.418 e. The van der Waals surface area contributed by atoms with Gasteiger partial charge in [-0.2, -0.15) is 0 Å². The number of carboxylic acids is 3. The van der Waals surface area contributed by atoms with E-state index in [0.717, 1.165) is 26.4 Å². The van der Waals surface area contributed by atoms with Crippen molar-refractivity contribution in [1.29, 1.82) is 0 Å². The lowest BCUT2D eigenvalue weighted by Gasteiger charge is -2.22. The van der Waals surface area contributed by atoms with Crippen molar-refractivity contribution < 1.29 is 39.6 Å². The molecule has 322 valence electrons. The van der Waals surface area contributed by atoms with Gasteiger partial charge in [0.25, 0.3) is 5.66 Å². The van der Waals surface area contributed by atoms with Crippen LogP contribution in [-0.4, -0.2) is 90.2 Å². The molecule has 8 aromatic carbocycles. The predicted molar refractivity (Wildman–Crippen MR) is 255 cm³/mol. The molecule has 5 aliphatic rings. The average Bonchev–Trinajstić information content (AvgIpc) is 4.05. The van der Waals surface area contributed by atoms with Crippen LogP contribution >= 0.6 is 0 Å². The van der Waals surface area contributed by atoms with Gasteiger partial charge in [0.1, 0.15) is 0 Å². The molecule has 0 saturated carbocycles. The first-order valence-corrected chi connectivity index (χ1v) is 21.0. The van der Waals surface area contributed by atoms with Crippen molar-refractivity contribution in [2.24, 2.45) is 34.9 Å². The van der Waals surface area contributed by atoms with Crippen molar-refractivity contribution in [1.82, 2.24) is 4.90 Å². The van der Waals surface area contributed by atoms with Gasteiger partial charge in [0.15, 0.2) is 40.8 Å². The van der Waals surface area contributed by atoms with Gasteiger partial charge in [-0.25, -0.2) is 59.0 Å². The van der Waals surface area contributed by atoms with Crippen molar-refractivity contribution in [3.8, 4) is 0 Å². The van der Waals surface area contributed by atoms with Crippen molar-refractivity contribution in [2.75, 3.05) is 0 Å². The molecular weight excluding hydrogens is 865 g/mol. The van der Waals surface area contributed by atoms with E-state index in [9.17, 15) is 39.6 Å². The Balaban J connectivity index is 1.22. The molecule has 0 radical (unpaired) electrons. The maximum atomic E-state index is 14.3. The topological polar surface area (TPSA) is 239 Å². The smallest absolute Gasteiger partial charge is 0.418 e. The van der Waals surface area contributed by atoms with Crippen LogP contribution in [0.1, 0.15) is 65.2 Å². The molecule has 68 heavy (non-hydrogen) atoms. The summed E-state index contributed by atoms with van der Waals surface area (Å²) >= 11 is 0. The molecule has 0 aliphatic carbocycles. The zero-order chi connectivity index (χ0) is 46.3. The Kier molecular flexibility index (Phi) is 7.72. The number of aromatic carboxylic acids is 2. The summed E-state index contributed by atoms with van der Waals surface area (Å²) in [5, 5.41) is 49.5. The quantitative estimate of drug-likeness (QED) is 0.134. The van der Waals surface area contributed by atoms with Gasteiger partial charge < -0.3 is 20.4 Å². The van der Waals surface area contributed by atoms with E-state index in [1.54, 1.807) is 24.3 Å². The molecule has 5 aliphatic heterocycles. The Morgan fingerprint density at radius 2 is 0.765 bits per heavy atom. The minimum absolute atomic E-state index is 0.0269. The van der Waals surface area contributed by atoms with E-state index in [2.05, 4.69) is 4.99 Å². The van der Waals surface area contributed by atoms with E-state index in [4.69, 9.17) is 30.0 Å². The lowest BCUT2D eigenvalue weighted by molar-refractivity contribution is -0.143. The first-order chi connectivity index (χ1) is 33.0. The van der Waals surface area contributed by atoms with Crippen molar-refractivity contribution in [3.05, 3.63) is 189 Å². The number of amidine groups is 7. The fourth-order valence-electron chi connectivity index (χ4n) is 9.89. The van der Waals surface area contributed by atoms with Crippen LogP contribution in [0.2, 0.25) is 0 Å². The van der Waals surface area contributed by atoms with Crippen molar-refractivity contribution >= 4 is 108 Å². The molecule has 8 aromatic rings. The molecule has 8 bridgehead atoms. The van der Waals surface area contributed by atoms with Crippen LogP contribution in [0.4, 0.5) is 4.79 Å². The Labute approximate surface area is 381 Å². The van der Waals surface area contributed by atoms with Crippen LogP contribution in [-0.2, 0) is 10.5 Å². The third-order valence-electron chi connectivity index (χ3n) is 12.8. The molecule has 5 heterocycles. The van der Waals surface area contributed by atoms with Gasteiger partial charge in [-0.05, 0) is 79.5 Å². The molecule has 1 atom stereocenters. The number of carboxylic acid groups (broad SMARTS) is 4. The normalized spacial score (nSPS) is 17.4. The van der Waals surface area contributed by atoms with Gasteiger partial charge >= 0.3 is 24.0 Å². The van der Waals surface area contributed by atoms with E-state index < -0.39 is 57.8 Å². The molecule has 16 nitrogen and oxygen atoms in total. The number of benzene rings is 8. The average molecular weight is 891 g/mol. The molecule has 0 aromatic heterocycles. The lowest BCUT2D eigenvalue weighted by Crippen LogP contribution is -2.41. The number of rotatable bonds is 3. The summed E-state index contributed by atoms with van der Waals surface area (Å²) in [6, 6.07) is 38.8. The second-order valence-electron chi connectivity index (χ2n) is 16.5. The van der Waals surface area contributed by atoms with Gasteiger partial charge in [0.05, 0.1) is 11.1 Å². The largest absolute Gasteiger partial charge is 0.478 e. The van der Waals surface area contributed by atoms with Crippen LogP contribution in [0.25, 0.3) is 43.1 Å². The second-order valence-corrected chi connectivity index (χ2v) is 16.5. The zero-order valence-corrected chi connectivity index (χ0v) is 34.7. The van der Waals surface area contributed by atoms with E-state index in [-0.39, 0.29) is 51.3 Å². The van der Waals surface area contributed by atoms with Gasteiger partial charge in [-0.1, -0.05) is 97.1 Å². The van der Waals surface area contributed by atoms with Gasteiger partial charge in [0, 0.05) is 44.5 Å². The summed E-state index contributed by atoms with van der Waals surface area (Å²) in [7, 11) is 0. The predicted octanol–water partition coefficient (Wildman–Crippen LogP) is 8.31. The number of carbonyl (C=O) groups is 4. The van der Waals surface area contributed by atoms with Gasteiger partial charge in [-0.3, -0.25) is 0 Å². The summed E-state index contributed by atoms with van der Waals surface area (Å²) < 4.78 is 0. The Bertz CT molecular complexity index is 4070. The first kappa shape index (κ1) is 38.6. The second kappa shape index (κ2) is 13.6. The van der Waals surface area contributed by atoms with Crippen LogP contribution < -0.4 is 0 Å². The summed E-state index contributed by atoms with van der Waals surface area (Å²) in [5.41, 5.74) is -2.81. The summed E-state index contributed by atoms with van der Waals surface area (Å²) in [6.45, 7) is 0. The highest BCUT2D eigenvalue weighted by Gasteiger charge is 2.54. The molecule has 1 amide bonds. The molecular formula is C52H26N8O8. The highest BCUT2D eigenvalue weighted by atomic mass is 16.4. The Hall–Kier alpha value is -9.83. The third kappa shape index (κ3) is 5.27. The van der Waals surface area contributed by atoms with Crippen molar-refractivity contribution in [3.63, 3.8) is 0 Å². The van der Waals surface area contributed by atoms with Gasteiger partial charge in [0.2, 0.25) is 0 Å². The summed E-state index contributed by atoms with van der Waals surface area (Å²) in [4.78, 5) is 90.5. The van der Waals surface area contributed by atoms with Gasteiger partial charge in [-0.15, -0.1) is 0 Å². The highest BCUT2D eigenvalue weighted by molar-refractivity contribution is 6.38. The van der Waals surface area contributed by atoms with E-state index >= 15 is 0 Å². The highest BCUT2D eigenvalue weighted by Crippen LogP contribution is 2.47. The lowest BCUT2D eigenvalue weighted by atomic mass is 9.84. The van der Waals surface area contributed by atoms with E-state index in [1.165, 1.54) is 24.3 Å². The molecule has 16 heteroatoms. The molecule has 4 N–H and O–H groups in total. The molecule has 0 spiro atoms. The fraction of sp³-hybridized carbons (Fsp3) is 0.0192. The van der Waals surface area contributed by atoms with Crippen LogP contribution in [0.15, 0.2) is 168 Å². The SMILES string of the molecule is O=C(O)c1c2c(c(C(=O)O)c3ccccc13)C1(C(=O)O)N=C3N=C(N=C4N=C(c5cc6ccccc6cc54)N(C(=O)O)C4=NC(=NC2=N1)c1cc2ccccc2cc14)c1cc2ccccc2cc13. The maximum absolute atomic E-state index is 14.3. The zero-order valence-electron chi connectivity index (χ0n) is 34.7. The number of aliphatic imine (C=N–C) groups is 7. The summed E-state index contributed by atoms with van der Waals surface area (Å²) in [5.74, 6) is -5.86. The minimum Gasteiger partial charge on any atom is -0.478 e. The number of fused-ring (bicyclic) bond motifs is 20. The standard InChI is InChI=1S/C52H26N8O8/c61-48(62)37-29-15-7-8-16-30(29)38(49(63)64)40-39(37)45-55-43-34-20-26-12-4-6-14-28(26)22-36(34)47(57-43)60(51(67)68)46-35-21-27-13-5-3-11-25(27)19-33(35)42(56-46)53-41-31-17-23-9-1-2-10-24(23)18-32(31)44(54-41)58-52(40,59-45)50(65)66/h1-22H,(H,61,62)(H,63,64)(H,65,66)(H,67,68). The fourth-order valence-corrected chi connectivity index (χ4v) is 9.89. The van der Waals surface area contributed by atoms with Crippen LogP contribution in [0, 0.1) is 0 Å². The summed E-state index contributed by atoms with van der Waals surface area (Å²) in [6.07, 6.45) is -1.46. The number of hydrogen-bond donors (Lipinski definition) is 4. The molecule has 0 saturated heterocycles. The molecule has 13 rings (SSSR count). The molecule has 1 unspecified atom stereocenters. The van der Waals surface area contributed by atoms with Crippen LogP contribution in [0.5, 0.6) is 0 Å². The number of hydrogen-bond acceptors (Lipinski definition) is 11. The third-order valence-corrected chi connectivity index (χ3v) is 12.8. The van der Waals surface area contributed by atoms with E-state index in [0.29, 0.717) is 38.6 Å². The monoisotopic (exact) mass is 890 g/mol. The Morgan fingerprint density at radius 1 is 0.412 bits per heavy atom. The minimum atomic E-state index is -2.92. The van der Waals surface area contributed by atoms with Crippen molar-refractivity contribution in [2.45, 2.75) is 5.66 Å². The first-order valence-electron chi connectivity index (χ1n) is 21.0. The van der Waals surface area contributed by atoms with Crippen LogP contribution in [0.3, 0.4) is 0 Å². The number of amides is 1.